The molecule has 4 N–H and O–H groups in total. The molecule has 1 rings (SSSR count). The van der Waals surface area contributed by atoms with Crippen LogP contribution in [0.4, 0.5) is 4.79 Å². The van der Waals surface area contributed by atoms with E-state index in [0.717, 1.165) is 5.56 Å². The maximum atomic E-state index is 12.4. The Morgan fingerprint density at radius 2 is 1.75 bits per heavy atom. The molecule has 2 atom stereocenters. The molecule has 0 fully saturated rings. The Labute approximate surface area is 213 Å². The molecular formula is C24H39N3O8S. The molecule has 0 heterocycles. The van der Waals surface area contributed by atoms with Gasteiger partial charge in [0.15, 0.2) is 0 Å². The number of amides is 3. The lowest BCUT2D eigenvalue weighted by Gasteiger charge is -2.27. The van der Waals surface area contributed by atoms with Crippen molar-refractivity contribution < 1.29 is 36.0 Å². The molecule has 0 aliphatic carbocycles. The highest BCUT2D eigenvalue weighted by molar-refractivity contribution is 7.81. The summed E-state index contributed by atoms with van der Waals surface area (Å²) in [7, 11) is -4.60. The molecule has 12 heteroatoms. The molecule has 0 spiro atoms. The van der Waals surface area contributed by atoms with Crippen molar-refractivity contribution in [2.24, 2.45) is 22.8 Å². The van der Waals surface area contributed by atoms with E-state index in [4.69, 9.17) is 24.7 Å². The number of primary amides is 2. The third-order valence-electron chi connectivity index (χ3n) is 5.81. The Morgan fingerprint density at radius 1 is 1.11 bits per heavy atom. The second-order valence-electron chi connectivity index (χ2n) is 9.56. The fourth-order valence-corrected chi connectivity index (χ4v) is 4.38. The highest BCUT2D eigenvalue weighted by Gasteiger charge is 2.30. The number of rotatable bonds is 16. The summed E-state index contributed by atoms with van der Waals surface area (Å²) in [6.07, 6.45) is 2.07. The third kappa shape index (κ3) is 10.9. The van der Waals surface area contributed by atoms with Crippen molar-refractivity contribution >= 4 is 28.3 Å². The quantitative estimate of drug-likeness (QED) is 0.187. The van der Waals surface area contributed by atoms with E-state index in [-0.39, 0.29) is 19.6 Å². The molecular weight excluding hydrogens is 490 g/mol. The smallest absolute Gasteiger partial charge is 0.421 e. The lowest BCUT2D eigenvalue weighted by Crippen LogP contribution is -2.44. The number of ether oxygens (including phenoxy) is 1. The number of esters is 1. The van der Waals surface area contributed by atoms with Gasteiger partial charge in [-0.1, -0.05) is 39.0 Å². The highest BCUT2D eigenvalue weighted by Crippen LogP contribution is 2.25. The van der Waals surface area contributed by atoms with Crippen molar-refractivity contribution in [1.82, 2.24) is 5.06 Å². The average Bonchev–Trinajstić information content (AvgIpc) is 2.79. The van der Waals surface area contributed by atoms with E-state index in [1.165, 1.54) is 6.92 Å². The Bertz CT molecular complexity index is 997. The molecule has 1 aromatic rings. The summed E-state index contributed by atoms with van der Waals surface area (Å²) in [5.74, 6) is -1.30. The third-order valence-corrected chi connectivity index (χ3v) is 6.56. The van der Waals surface area contributed by atoms with E-state index in [0.29, 0.717) is 36.3 Å². The number of benzene rings is 1. The van der Waals surface area contributed by atoms with Crippen LogP contribution in [0, 0.1) is 18.3 Å². The van der Waals surface area contributed by atoms with Crippen LogP contribution in [0.2, 0.25) is 0 Å². The van der Waals surface area contributed by atoms with Crippen molar-refractivity contribution in [2.45, 2.75) is 72.8 Å². The van der Waals surface area contributed by atoms with Gasteiger partial charge in [-0.3, -0.25) is 4.79 Å². The highest BCUT2D eigenvalue weighted by atomic mass is 32.3. The summed E-state index contributed by atoms with van der Waals surface area (Å²) in [6, 6.07) is 5.25. The molecule has 36 heavy (non-hydrogen) atoms. The second-order valence-corrected chi connectivity index (χ2v) is 10.8. The van der Waals surface area contributed by atoms with Crippen LogP contribution in [0.15, 0.2) is 24.3 Å². The molecule has 0 bridgehead atoms. The molecule has 0 aliphatic heterocycles. The SMILES string of the molecule is CC[C@@H](CC[C@H](C)N(OS(=O)(=O)OCC(C)(C)CCCOC(=O)c1ccccc1C)C(N)=O)C(N)=O. The molecule has 1 aromatic carbocycles. The molecule has 11 nitrogen and oxygen atoms in total. The molecule has 0 aliphatic rings. The molecule has 0 saturated heterocycles. The van der Waals surface area contributed by atoms with Gasteiger partial charge in [-0.15, -0.1) is 4.28 Å². The zero-order valence-electron chi connectivity index (χ0n) is 21.7. The Hall–Kier alpha value is -2.70. The van der Waals surface area contributed by atoms with Crippen molar-refractivity contribution in [3.63, 3.8) is 0 Å². The van der Waals surface area contributed by atoms with Crippen LogP contribution in [0.3, 0.4) is 0 Å². The normalized spacial score (nSPS) is 13.6. The number of carbonyl (C=O) groups excluding carboxylic acids is 3. The second kappa shape index (κ2) is 14.1. The average molecular weight is 530 g/mol. The first-order valence-corrected chi connectivity index (χ1v) is 13.2. The topological polar surface area (TPSA) is 168 Å². The van der Waals surface area contributed by atoms with Gasteiger partial charge in [0.25, 0.3) is 0 Å². The van der Waals surface area contributed by atoms with Gasteiger partial charge in [-0.25, -0.2) is 13.8 Å². The van der Waals surface area contributed by atoms with Gasteiger partial charge in [-0.2, -0.15) is 13.5 Å². The number of hydrogen-bond acceptors (Lipinski definition) is 8. The number of nitrogens with zero attached hydrogens (tertiary/aromatic N) is 1. The predicted molar refractivity (Wildman–Crippen MR) is 134 cm³/mol. The van der Waals surface area contributed by atoms with E-state index < -0.39 is 45.7 Å². The van der Waals surface area contributed by atoms with Crippen LogP contribution in [0.25, 0.3) is 0 Å². The summed E-state index contributed by atoms with van der Waals surface area (Å²) in [4.78, 5) is 35.4. The first-order valence-electron chi connectivity index (χ1n) is 11.9. The lowest BCUT2D eigenvalue weighted by molar-refractivity contribution is -0.122. The van der Waals surface area contributed by atoms with Crippen LogP contribution in [-0.4, -0.2) is 50.6 Å². The van der Waals surface area contributed by atoms with Gasteiger partial charge < -0.3 is 16.2 Å². The number of nitrogens with two attached hydrogens (primary N) is 2. The van der Waals surface area contributed by atoms with Crippen molar-refractivity contribution in [2.75, 3.05) is 13.2 Å². The number of urea groups is 1. The van der Waals surface area contributed by atoms with E-state index in [2.05, 4.69) is 0 Å². The lowest BCUT2D eigenvalue weighted by atomic mass is 9.89. The minimum atomic E-state index is -4.60. The van der Waals surface area contributed by atoms with Crippen LogP contribution < -0.4 is 11.5 Å². The minimum Gasteiger partial charge on any atom is -0.462 e. The maximum absolute atomic E-state index is 12.4. The number of aryl methyl sites for hydroxylation is 1. The molecule has 0 aromatic heterocycles. The fraction of sp³-hybridized carbons (Fsp3) is 0.625. The van der Waals surface area contributed by atoms with Gasteiger partial charge in [-0.05, 0) is 63.0 Å². The zero-order chi connectivity index (χ0) is 27.5. The van der Waals surface area contributed by atoms with Gasteiger partial charge in [0, 0.05) is 5.92 Å². The summed E-state index contributed by atoms with van der Waals surface area (Å²) >= 11 is 0. The summed E-state index contributed by atoms with van der Waals surface area (Å²) in [5, 5.41) is 0.515. The van der Waals surface area contributed by atoms with E-state index in [1.807, 2.05) is 19.1 Å². The summed E-state index contributed by atoms with van der Waals surface area (Å²) < 4.78 is 39.9. The Morgan fingerprint density at radius 3 is 2.31 bits per heavy atom. The fourth-order valence-electron chi connectivity index (χ4n) is 3.45. The van der Waals surface area contributed by atoms with Crippen LogP contribution in [0.5, 0.6) is 0 Å². The van der Waals surface area contributed by atoms with Gasteiger partial charge in [0.2, 0.25) is 5.91 Å². The molecule has 204 valence electrons. The van der Waals surface area contributed by atoms with E-state index >= 15 is 0 Å². The maximum Gasteiger partial charge on any atom is 0.421 e. The molecule has 0 saturated carbocycles. The first-order chi connectivity index (χ1) is 16.7. The first kappa shape index (κ1) is 31.3. The predicted octanol–water partition coefficient (Wildman–Crippen LogP) is 3.21. The number of carbonyl (C=O) groups is 3. The van der Waals surface area contributed by atoms with Crippen molar-refractivity contribution in [1.29, 1.82) is 0 Å². The number of hydrogen-bond donors (Lipinski definition) is 2. The Kier molecular flexibility index (Phi) is 12.3. The molecule has 0 unspecified atom stereocenters. The van der Waals surface area contributed by atoms with Crippen LogP contribution in [0.1, 0.15) is 75.7 Å². The molecule has 0 radical (unpaired) electrons. The van der Waals surface area contributed by atoms with Crippen LogP contribution in [-0.2, 0) is 28.4 Å². The summed E-state index contributed by atoms with van der Waals surface area (Å²) in [6.45, 7) is 8.66. The number of hydroxylamine groups is 2. The van der Waals surface area contributed by atoms with Gasteiger partial charge >= 0.3 is 22.4 Å². The Balaban J connectivity index is 2.55. The van der Waals surface area contributed by atoms with E-state index in [9.17, 15) is 22.8 Å². The van der Waals surface area contributed by atoms with Crippen molar-refractivity contribution in [3.8, 4) is 0 Å². The van der Waals surface area contributed by atoms with Crippen LogP contribution >= 0.6 is 0 Å². The minimum absolute atomic E-state index is 0.164. The van der Waals surface area contributed by atoms with Gasteiger partial charge in [0.05, 0.1) is 24.8 Å². The summed E-state index contributed by atoms with van der Waals surface area (Å²) in [5.41, 5.74) is 11.3. The monoisotopic (exact) mass is 529 g/mol. The molecule has 3 amide bonds. The standard InChI is InChI=1S/C24H39N3O8S/c1-6-19(21(25)28)13-12-18(3)27(23(26)30)35-36(31,32)34-16-24(4,5)14-9-15-33-22(29)20-11-8-7-10-17(20)2/h7-8,10-11,18-19H,6,9,12-16H2,1-5H3,(H2,25,28)(H2,26,30)/t18-,19-/m0/s1. The van der Waals surface area contributed by atoms with E-state index in [1.54, 1.807) is 32.9 Å². The van der Waals surface area contributed by atoms with Crippen molar-refractivity contribution in [3.05, 3.63) is 35.4 Å². The largest absolute Gasteiger partial charge is 0.462 e. The zero-order valence-corrected chi connectivity index (χ0v) is 22.5. The van der Waals surface area contributed by atoms with Gasteiger partial charge in [0.1, 0.15) is 0 Å².